The Morgan fingerprint density at radius 1 is 1.09 bits per heavy atom. The van der Waals surface area contributed by atoms with Gasteiger partial charge in [-0.3, -0.25) is 4.79 Å². The minimum atomic E-state index is 0.0687. The van der Waals surface area contributed by atoms with Crippen LogP contribution in [0.4, 0.5) is 0 Å². The topological polar surface area (TPSA) is 48.1 Å². The molecule has 0 radical (unpaired) electrons. The van der Waals surface area contributed by atoms with Gasteiger partial charge in [-0.1, -0.05) is 18.2 Å². The van der Waals surface area contributed by atoms with E-state index < -0.39 is 0 Å². The maximum atomic E-state index is 12.2. The van der Waals surface area contributed by atoms with Crippen LogP contribution in [0.1, 0.15) is 5.69 Å². The first-order valence-electron chi connectivity index (χ1n) is 8.06. The second-order valence-corrected chi connectivity index (χ2v) is 5.80. The first-order valence-corrected chi connectivity index (χ1v) is 8.06. The lowest BCUT2D eigenvalue weighted by molar-refractivity contribution is -0.921. The summed E-state index contributed by atoms with van der Waals surface area (Å²) in [6.45, 7) is 4.62. The van der Waals surface area contributed by atoms with Crippen molar-refractivity contribution in [2.24, 2.45) is 0 Å². The fourth-order valence-electron chi connectivity index (χ4n) is 2.81. The molecule has 0 saturated carbocycles. The van der Waals surface area contributed by atoms with Gasteiger partial charge in [0.2, 0.25) is 5.69 Å². The van der Waals surface area contributed by atoms with Gasteiger partial charge in [-0.05, 0) is 18.2 Å². The SMILES string of the molecule is O=C(COc1ccccc1)N1CC[NH+](Cc2cccc[nH+]2)CC1. The summed E-state index contributed by atoms with van der Waals surface area (Å²) in [4.78, 5) is 18.9. The van der Waals surface area contributed by atoms with E-state index in [-0.39, 0.29) is 12.5 Å². The van der Waals surface area contributed by atoms with Crippen molar-refractivity contribution in [2.75, 3.05) is 32.8 Å². The van der Waals surface area contributed by atoms with Crippen LogP contribution in [0, 0.1) is 0 Å². The van der Waals surface area contributed by atoms with Crippen LogP contribution in [0.5, 0.6) is 5.75 Å². The summed E-state index contributed by atoms with van der Waals surface area (Å²) in [5.74, 6) is 0.809. The normalized spacial score (nSPS) is 15.4. The molecule has 1 aliphatic rings. The quantitative estimate of drug-likeness (QED) is 0.832. The van der Waals surface area contributed by atoms with E-state index in [1.807, 2.05) is 53.6 Å². The zero-order chi connectivity index (χ0) is 15.9. The van der Waals surface area contributed by atoms with E-state index in [9.17, 15) is 4.79 Å². The number of rotatable bonds is 5. The second kappa shape index (κ2) is 7.74. The van der Waals surface area contributed by atoms with Crippen molar-refractivity contribution in [2.45, 2.75) is 6.54 Å². The summed E-state index contributed by atoms with van der Waals surface area (Å²) >= 11 is 0. The van der Waals surface area contributed by atoms with Gasteiger partial charge < -0.3 is 14.5 Å². The van der Waals surface area contributed by atoms with Crippen LogP contribution < -0.4 is 14.6 Å². The molecule has 1 aromatic heterocycles. The lowest BCUT2D eigenvalue weighted by atomic mass is 10.2. The number of hydrogen-bond acceptors (Lipinski definition) is 2. The Morgan fingerprint density at radius 2 is 1.83 bits per heavy atom. The number of amides is 1. The fraction of sp³-hybridized carbons (Fsp3) is 0.333. The first-order chi connectivity index (χ1) is 11.3. The minimum Gasteiger partial charge on any atom is -0.484 e. The second-order valence-electron chi connectivity index (χ2n) is 5.80. The van der Waals surface area contributed by atoms with Crippen molar-refractivity contribution in [3.05, 3.63) is 60.4 Å². The van der Waals surface area contributed by atoms with Gasteiger partial charge in [-0.2, -0.15) is 0 Å². The molecule has 2 aromatic rings. The molecule has 2 heterocycles. The van der Waals surface area contributed by atoms with Crippen LogP contribution in [-0.4, -0.2) is 43.6 Å². The molecule has 3 rings (SSSR count). The third kappa shape index (κ3) is 4.53. The average Bonchev–Trinajstić information content (AvgIpc) is 2.62. The van der Waals surface area contributed by atoms with E-state index in [0.29, 0.717) is 0 Å². The molecule has 120 valence electrons. The molecule has 5 nitrogen and oxygen atoms in total. The number of hydrogen-bond donors (Lipinski definition) is 1. The fourth-order valence-corrected chi connectivity index (χ4v) is 2.81. The number of quaternary nitrogens is 1. The third-order valence-corrected chi connectivity index (χ3v) is 4.14. The Morgan fingerprint density at radius 3 is 2.52 bits per heavy atom. The minimum absolute atomic E-state index is 0.0687. The number of nitrogens with one attached hydrogen (secondary N) is 2. The van der Waals surface area contributed by atoms with Gasteiger partial charge in [0, 0.05) is 12.1 Å². The summed E-state index contributed by atoms with van der Waals surface area (Å²) in [5.41, 5.74) is 1.23. The lowest BCUT2D eigenvalue weighted by Crippen LogP contribution is -3.13. The Balaban J connectivity index is 1.42. The molecule has 5 heteroatoms. The van der Waals surface area contributed by atoms with Crippen molar-refractivity contribution < 1.29 is 19.4 Å². The van der Waals surface area contributed by atoms with Gasteiger partial charge in [-0.15, -0.1) is 0 Å². The Kier molecular flexibility index (Phi) is 5.21. The number of piperazine rings is 1. The molecular weight excluding hydrogens is 290 g/mol. The largest absolute Gasteiger partial charge is 0.484 e. The van der Waals surface area contributed by atoms with Crippen LogP contribution >= 0.6 is 0 Å². The van der Waals surface area contributed by atoms with E-state index in [4.69, 9.17) is 4.74 Å². The molecule has 0 bridgehead atoms. The monoisotopic (exact) mass is 313 g/mol. The standard InChI is InChI=1S/C18H21N3O2/c22-18(15-23-17-7-2-1-3-8-17)21-12-10-20(11-13-21)14-16-6-4-5-9-19-16/h1-9H,10-15H2/p+2. The molecule has 0 atom stereocenters. The van der Waals surface area contributed by atoms with Crippen molar-refractivity contribution in [1.82, 2.24) is 4.90 Å². The van der Waals surface area contributed by atoms with Crippen LogP contribution in [-0.2, 0) is 11.3 Å². The Labute approximate surface area is 136 Å². The summed E-state index contributed by atoms with van der Waals surface area (Å²) in [6.07, 6.45) is 1.95. The number of benzene rings is 1. The van der Waals surface area contributed by atoms with Crippen LogP contribution in [0.25, 0.3) is 0 Å². The summed E-state index contributed by atoms with van der Waals surface area (Å²) in [5, 5.41) is 0. The van der Waals surface area contributed by atoms with Crippen molar-refractivity contribution in [1.29, 1.82) is 0 Å². The van der Waals surface area contributed by atoms with Gasteiger partial charge in [0.1, 0.15) is 5.75 Å². The average molecular weight is 313 g/mol. The van der Waals surface area contributed by atoms with Gasteiger partial charge in [0.25, 0.3) is 5.91 Å². The van der Waals surface area contributed by atoms with Crippen molar-refractivity contribution in [3.8, 4) is 5.75 Å². The number of carbonyl (C=O) groups is 1. The number of H-pyrrole nitrogens is 1. The Hall–Kier alpha value is -2.40. The molecule has 0 spiro atoms. The number of nitrogens with zero attached hydrogens (tertiary/aromatic N) is 1. The molecule has 0 aliphatic carbocycles. The highest BCUT2D eigenvalue weighted by atomic mass is 16.5. The van der Waals surface area contributed by atoms with Crippen LogP contribution in [0.2, 0.25) is 0 Å². The number of carbonyl (C=O) groups excluding carboxylic acids is 1. The van der Waals surface area contributed by atoms with E-state index >= 15 is 0 Å². The van der Waals surface area contributed by atoms with Gasteiger partial charge >= 0.3 is 0 Å². The zero-order valence-corrected chi connectivity index (χ0v) is 13.2. The molecule has 1 aliphatic heterocycles. The number of ether oxygens (including phenoxy) is 1. The number of pyridine rings is 1. The summed E-state index contributed by atoms with van der Waals surface area (Å²) < 4.78 is 5.54. The van der Waals surface area contributed by atoms with E-state index in [0.717, 1.165) is 38.5 Å². The van der Waals surface area contributed by atoms with E-state index in [1.165, 1.54) is 10.6 Å². The van der Waals surface area contributed by atoms with Crippen molar-refractivity contribution in [3.63, 3.8) is 0 Å². The molecule has 1 aromatic carbocycles. The number of aromatic amines is 1. The van der Waals surface area contributed by atoms with Gasteiger partial charge in [0.05, 0.1) is 26.2 Å². The highest BCUT2D eigenvalue weighted by molar-refractivity contribution is 5.77. The Bertz CT molecular complexity index is 611. The molecule has 1 amide bonds. The van der Waals surface area contributed by atoms with Crippen LogP contribution in [0.3, 0.4) is 0 Å². The smallest absolute Gasteiger partial charge is 0.260 e. The summed E-state index contributed by atoms with van der Waals surface area (Å²) in [7, 11) is 0. The first kappa shape index (κ1) is 15.5. The predicted octanol–water partition coefficient (Wildman–Crippen LogP) is -0.193. The van der Waals surface area contributed by atoms with Crippen LogP contribution in [0.15, 0.2) is 54.7 Å². The van der Waals surface area contributed by atoms with E-state index in [2.05, 4.69) is 11.1 Å². The van der Waals surface area contributed by atoms with E-state index in [1.54, 1.807) is 0 Å². The lowest BCUT2D eigenvalue weighted by Gasteiger charge is -2.31. The molecule has 0 unspecified atom stereocenters. The van der Waals surface area contributed by atoms with Gasteiger partial charge in [0.15, 0.2) is 19.3 Å². The predicted molar refractivity (Wildman–Crippen MR) is 85.9 cm³/mol. The van der Waals surface area contributed by atoms with Crippen molar-refractivity contribution >= 4 is 5.91 Å². The highest BCUT2D eigenvalue weighted by Crippen LogP contribution is 2.08. The molecule has 1 saturated heterocycles. The molecule has 2 N–H and O–H groups in total. The van der Waals surface area contributed by atoms with Gasteiger partial charge in [-0.25, -0.2) is 4.98 Å². The number of aromatic nitrogens is 1. The number of para-hydroxylation sites is 1. The maximum absolute atomic E-state index is 12.2. The maximum Gasteiger partial charge on any atom is 0.260 e. The molecule has 1 fully saturated rings. The highest BCUT2D eigenvalue weighted by Gasteiger charge is 2.25. The molecular formula is C18H23N3O2+2. The summed E-state index contributed by atoms with van der Waals surface area (Å²) in [6, 6.07) is 15.6. The zero-order valence-electron chi connectivity index (χ0n) is 13.2. The molecule has 23 heavy (non-hydrogen) atoms. The third-order valence-electron chi connectivity index (χ3n) is 4.14.